The first-order valence-corrected chi connectivity index (χ1v) is 8.58. The summed E-state index contributed by atoms with van der Waals surface area (Å²) in [7, 11) is 0. The molecule has 1 N–H and O–H groups in total. The number of nitrogens with one attached hydrogen (secondary N) is 1. The Morgan fingerprint density at radius 3 is 2.42 bits per heavy atom. The maximum absolute atomic E-state index is 12.6. The van der Waals surface area contributed by atoms with Crippen LogP contribution in [0.5, 0.6) is 0 Å². The van der Waals surface area contributed by atoms with E-state index in [4.69, 9.17) is 23.2 Å². The van der Waals surface area contributed by atoms with Crippen LogP contribution in [0.15, 0.2) is 24.3 Å². The van der Waals surface area contributed by atoms with E-state index in [0.29, 0.717) is 42.8 Å². The topological polar surface area (TPSA) is 52.2 Å². The van der Waals surface area contributed by atoms with Crippen molar-refractivity contribution >= 4 is 29.1 Å². The molecule has 2 aromatic rings. The number of hydrogen-bond donors (Lipinski definition) is 1. The molecule has 26 heavy (non-hydrogen) atoms. The lowest BCUT2D eigenvalue weighted by atomic mass is 10.2. The van der Waals surface area contributed by atoms with Gasteiger partial charge in [-0.15, -0.1) is 0 Å². The number of carbonyl (C=O) groups excluding carboxylic acids is 1. The lowest BCUT2D eigenvalue weighted by molar-refractivity contribution is -0.141. The van der Waals surface area contributed by atoms with Crippen LogP contribution in [0.1, 0.15) is 21.7 Å². The zero-order chi connectivity index (χ0) is 18.9. The maximum Gasteiger partial charge on any atom is 0.432 e. The molecule has 1 fully saturated rings. The molecule has 1 amide bonds. The van der Waals surface area contributed by atoms with Crippen molar-refractivity contribution in [3.63, 3.8) is 0 Å². The third-order valence-electron chi connectivity index (χ3n) is 4.17. The Labute approximate surface area is 157 Å². The molecular formula is C16H15Cl2F3N4O. The molecule has 0 spiro atoms. The third-order valence-corrected chi connectivity index (χ3v) is 4.76. The molecule has 0 bridgehead atoms. The number of piperazine rings is 1. The largest absolute Gasteiger partial charge is 0.432 e. The van der Waals surface area contributed by atoms with Crippen molar-refractivity contribution in [3.05, 3.63) is 51.3 Å². The number of aromatic nitrogens is 2. The van der Waals surface area contributed by atoms with Crippen molar-refractivity contribution in [2.75, 3.05) is 26.2 Å². The Morgan fingerprint density at radius 1 is 1.15 bits per heavy atom. The first kappa shape index (κ1) is 19.0. The van der Waals surface area contributed by atoms with Crippen molar-refractivity contribution in [3.8, 4) is 0 Å². The van der Waals surface area contributed by atoms with Crippen LogP contribution >= 0.6 is 23.2 Å². The molecule has 0 saturated carbocycles. The summed E-state index contributed by atoms with van der Waals surface area (Å²) in [5.74, 6) is -0.513. The fraction of sp³-hybridized carbons (Fsp3) is 0.375. The van der Waals surface area contributed by atoms with Crippen LogP contribution in [-0.4, -0.2) is 52.1 Å². The molecule has 0 radical (unpaired) electrons. The number of rotatable bonds is 3. The van der Waals surface area contributed by atoms with E-state index in [1.165, 1.54) is 4.90 Å². The van der Waals surface area contributed by atoms with Crippen LogP contribution in [0.4, 0.5) is 13.2 Å². The molecule has 0 aliphatic carbocycles. The normalized spacial score (nSPS) is 16.1. The predicted molar refractivity (Wildman–Crippen MR) is 91.2 cm³/mol. The van der Waals surface area contributed by atoms with Gasteiger partial charge < -0.3 is 4.90 Å². The van der Waals surface area contributed by atoms with Crippen molar-refractivity contribution in [1.82, 2.24) is 20.0 Å². The highest BCUT2D eigenvalue weighted by molar-refractivity contribution is 6.35. The van der Waals surface area contributed by atoms with Crippen molar-refractivity contribution in [2.24, 2.45) is 0 Å². The molecule has 2 heterocycles. The zero-order valence-corrected chi connectivity index (χ0v) is 15.0. The molecule has 0 atom stereocenters. The fourth-order valence-electron chi connectivity index (χ4n) is 2.74. The Kier molecular flexibility index (Phi) is 5.45. The number of hydrogen-bond acceptors (Lipinski definition) is 3. The van der Waals surface area contributed by atoms with E-state index in [9.17, 15) is 18.0 Å². The van der Waals surface area contributed by atoms with Crippen molar-refractivity contribution in [2.45, 2.75) is 12.7 Å². The molecule has 1 aliphatic rings. The molecular weight excluding hydrogens is 392 g/mol. The Bertz CT molecular complexity index is 801. The third kappa shape index (κ3) is 4.31. The van der Waals surface area contributed by atoms with Crippen molar-refractivity contribution < 1.29 is 18.0 Å². The van der Waals surface area contributed by atoms with Crippen LogP contribution in [0, 0.1) is 0 Å². The monoisotopic (exact) mass is 406 g/mol. The van der Waals surface area contributed by atoms with Gasteiger partial charge in [-0.3, -0.25) is 14.8 Å². The smallest absolute Gasteiger partial charge is 0.335 e. The molecule has 140 valence electrons. The van der Waals surface area contributed by atoms with Gasteiger partial charge in [0.15, 0.2) is 5.69 Å². The summed E-state index contributed by atoms with van der Waals surface area (Å²) >= 11 is 12.0. The molecule has 1 aromatic heterocycles. The highest BCUT2D eigenvalue weighted by Gasteiger charge is 2.34. The number of aromatic amines is 1. The maximum atomic E-state index is 12.6. The molecule has 5 nitrogen and oxygen atoms in total. The van der Waals surface area contributed by atoms with Gasteiger partial charge in [0.25, 0.3) is 5.91 Å². The first-order chi connectivity index (χ1) is 12.2. The van der Waals surface area contributed by atoms with Gasteiger partial charge in [-0.1, -0.05) is 29.3 Å². The van der Waals surface area contributed by atoms with E-state index in [1.54, 1.807) is 12.1 Å². The van der Waals surface area contributed by atoms with E-state index in [0.717, 1.165) is 11.6 Å². The second-order valence-electron chi connectivity index (χ2n) is 5.97. The number of carbonyl (C=O) groups is 1. The molecule has 10 heteroatoms. The average Bonchev–Trinajstić information content (AvgIpc) is 3.08. The molecule has 1 saturated heterocycles. The van der Waals surface area contributed by atoms with E-state index < -0.39 is 17.8 Å². The molecule has 1 aromatic carbocycles. The molecule has 1 aliphatic heterocycles. The standard InChI is InChI=1S/C16H15Cl2F3N4O/c17-11-2-1-10(12(18)7-11)9-24-3-5-25(6-4-24)15(26)13-8-14(23-22-13)16(19,20)21/h1-2,7-8H,3-6,9H2,(H,22,23). The lowest BCUT2D eigenvalue weighted by Crippen LogP contribution is -2.48. The van der Waals surface area contributed by atoms with E-state index in [2.05, 4.69) is 10.00 Å². The zero-order valence-electron chi connectivity index (χ0n) is 13.5. The van der Waals surface area contributed by atoms with E-state index in [1.807, 2.05) is 11.2 Å². The predicted octanol–water partition coefficient (Wildman–Crippen LogP) is 3.69. The van der Waals surface area contributed by atoms with Crippen LogP contribution in [-0.2, 0) is 12.7 Å². The Hall–Kier alpha value is -1.77. The van der Waals surface area contributed by atoms with Crippen LogP contribution in [0.2, 0.25) is 10.0 Å². The minimum absolute atomic E-state index is 0.230. The Balaban J connectivity index is 1.58. The second kappa shape index (κ2) is 7.46. The van der Waals surface area contributed by atoms with Crippen LogP contribution in [0.25, 0.3) is 0 Å². The summed E-state index contributed by atoms with van der Waals surface area (Å²) in [5, 5.41) is 6.48. The van der Waals surface area contributed by atoms with Gasteiger partial charge in [0.2, 0.25) is 0 Å². The van der Waals surface area contributed by atoms with Gasteiger partial charge in [-0.2, -0.15) is 18.3 Å². The van der Waals surface area contributed by atoms with Gasteiger partial charge in [-0.05, 0) is 17.7 Å². The SMILES string of the molecule is O=C(c1cc(C(F)(F)F)[nH]n1)N1CCN(Cc2ccc(Cl)cc2Cl)CC1. The summed E-state index contributed by atoms with van der Waals surface area (Å²) in [6, 6.07) is 6.03. The van der Waals surface area contributed by atoms with Gasteiger partial charge in [0.1, 0.15) is 5.69 Å². The number of alkyl halides is 3. The van der Waals surface area contributed by atoms with Crippen molar-refractivity contribution in [1.29, 1.82) is 0 Å². The highest BCUT2D eigenvalue weighted by Crippen LogP contribution is 2.28. The van der Waals surface area contributed by atoms with Gasteiger partial charge in [-0.25, -0.2) is 0 Å². The van der Waals surface area contributed by atoms with E-state index in [-0.39, 0.29) is 5.69 Å². The molecule has 3 rings (SSSR count). The van der Waals surface area contributed by atoms with E-state index >= 15 is 0 Å². The van der Waals surface area contributed by atoms with Crippen LogP contribution in [0.3, 0.4) is 0 Å². The summed E-state index contributed by atoms with van der Waals surface area (Å²) in [6.45, 7) is 2.58. The molecule has 0 unspecified atom stereocenters. The average molecular weight is 407 g/mol. The minimum Gasteiger partial charge on any atom is -0.335 e. The van der Waals surface area contributed by atoms with Crippen LogP contribution < -0.4 is 0 Å². The minimum atomic E-state index is -4.55. The Morgan fingerprint density at radius 2 is 1.85 bits per heavy atom. The summed E-state index contributed by atoms with van der Waals surface area (Å²) in [5.41, 5.74) is -0.332. The highest BCUT2D eigenvalue weighted by atomic mass is 35.5. The van der Waals surface area contributed by atoms with Gasteiger partial charge in [0, 0.05) is 48.8 Å². The second-order valence-corrected chi connectivity index (χ2v) is 6.81. The van der Waals surface area contributed by atoms with Gasteiger partial charge >= 0.3 is 6.18 Å². The number of nitrogens with zero attached hydrogens (tertiary/aromatic N) is 3. The quantitative estimate of drug-likeness (QED) is 0.845. The number of H-pyrrole nitrogens is 1. The number of amides is 1. The fourth-order valence-corrected chi connectivity index (χ4v) is 3.21. The number of halogens is 5. The van der Waals surface area contributed by atoms with Gasteiger partial charge in [0.05, 0.1) is 0 Å². The summed E-state index contributed by atoms with van der Waals surface area (Å²) in [6.07, 6.45) is -4.55. The summed E-state index contributed by atoms with van der Waals surface area (Å²) < 4.78 is 37.8. The lowest BCUT2D eigenvalue weighted by Gasteiger charge is -2.34. The summed E-state index contributed by atoms with van der Waals surface area (Å²) in [4.78, 5) is 15.9. The number of benzene rings is 1. The first-order valence-electron chi connectivity index (χ1n) is 7.82.